The molecule has 1 N–H and O–H groups in total. The molecule has 6 heteroatoms. The maximum atomic E-state index is 12.8. The van der Waals surface area contributed by atoms with Crippen LogP contribution in [-0.4, -0.2) is 22.3 Å². The summed E-state index contributed by atoms with van der Waals surface area (Å²) in [4.78, 5) is 0. The molecule has 1 aromatic carbocycles. The molecule has 0 amide bonds. The molecule has 0 aliphatic carbocycles. The smallest absolute Gasteiger partial charge is 0.310 e. The van der Waals surface area contributed by atoms with Crippen molar-refractivity contribution in [1.29, 1.82) is 0 Å². The monoisotopic (exact) mass is 293 g/mol. The molecule has 0 bridgehead atoms. The van der Waals surface area contributed by atoms with Gasteiger partial charge in [0, 0.05) is 35.4 Å². The van der Waals surface area contributed by atoms with Crippen molar-refractivity contribution < 1.29 is 17.4 Å². The van der Waals surface area contributed by atoms with Gasteiger partial charge in [-0.15, -0.1) is 0 Å². The Morgan fingerprint density at radius 3 is 2.53 bits per heavy atom. The van der Waals surface area contributed by atoms with Crippen LogP contribution in [0, 0.1) is 0 Å². The normalized spacial score (nSPS) is 15.2. The van der Waals surface area contributed by atoms with Crippen molar-refractivity contribution in [2.45, 2.75) is 32.1 Å². The van der Waals surface area contributed by atoms with E-state index in [9.17, 15) is 17.4 Å². The summed E-state index contributed by atoms with van der Waals surface area (Å²) < 4.78 is 49.2. The van der Waals surface area contributed by atoms with Gasteiger partial charge in [-0.05, 0) is 25.0 Å². The van der Waals surface area contributed by atoms with E-state index in [4.69, 9.17) is 0 Å². The number of hydrogen-bond acceptors (Lipinski definition) is 2. The summed E-state index contributed by atoms with van der Waals surface area (Å²) >= 11 is 0. The van der Waals surface area contributed by atoms with Crippen molar-refractivity contribution in [3.63, 3.8) is 0 Å². The number of halogens is 3. The Kier molecular flexibility index (Phi) is 6.00. The first-order chi connectivity index (χ1) is 8.80. The Labute approximate surface area is 113 Å². The minimum atomic E-state index is -4.33. The highest BCUT2D eigenvalue weighted by Crippen LogP contribution is 2.31. The third kappa shape index (κ3) is 5.74. The summed E-state index contributed by atoms with van der Waals surface area (Å²) in [6, 6.07) is 5.57. The van der Waals surface area contributed by atoms with Gasteiger partial charge in [0.2, 0.25) is 0 Å². The van der Waals surface area contributed by atoms with Crippen molar-refractivity contribution in [1.82, 2.24) is 5.32 Å². The van der Waals surface area contributed by atoms with E-state index < -0.39 is 22.5 Å². The van der Waals surface area contributed by atoms with Crippen LogP contribution < -0.4 is 5.32 Å². The van der Waals surface area contributed by atoms with E-state index in [1.807, 2.05) is 6.92 Å². The molecule has 1 aromatic rings. The van der Waals surface area contributed by atoms with Crippen LogP contribution in [0.2, 0.25) is 0 Å². The highest BCUT2D eigenvalue weighted by Gasteiger charge is 2.32. The first-order valence-electron chi connectivity index (χ1n) is 5.99. The Hall–Kier alpha value is -0.880. The van der Waals surface area contributed by atoms with Gasteiger partial charge < -0.3 is 5.32 Å². The molecule has 19 heavy (non-hydrogen) atoms. The second-order valence-electron chi connectivity index (χ2n) is 4.50. The zero-order chi connectivity index (χ0) is 14.5. The molecule has 0 saturated carbocycles. The van der Waals surface area contributed by atoms with Crippen LogP contribution in [-0.2, 0) is 23.5 Å². The van der Waals surface area contributed by atoms with Crippen LogP contribution in [0.15, 0.2) is 24.3 Å². The predicted octanol–water partition coefficient (Wildman–Crippen LogP) is 2.95. The topological polar surface area (TPSA) is 29.1 Å². The van der Waals surface area contributed by atoms with E-state index >= 15 is 0 Å². The zero-order valence-electron chi connectivity index (χ0n) is 11.0. The second-order valence-corrected chi connectivity index (χ2v) is 6.06. The summed E-state index contributed by atoms with van der Waals surface area (Å²) in [6.07, 6.45) is -2.03. The Morgan fingerprint density at radius 2 is 1.95 bits per heavy atom. The maximum absolute atomic E-state index is 12.8. The van der Waals surface area contributed by atoms with Crippen LogP contribution in [0.25, 0.3) is 0 Å². The molecule has 0 radical (unpaired) electrons. The Morgan fingerprint density at radius 1 is 1.32 bits per heavy atom. The standard InChI is InChI=1S/C13H18F3NOS/c1-10(7-8-19(2)18)17-9-11-5-3-4-6-12(11)13(14,15)16/h3-6,10,17H,7-9H2,1-2H3/t10-,19-/m1/s1. The van der Waals surface area contributed by atoms with E-state index in [1.165, 1.54) is 12.1 Å². The number of alkyl halides is 3. The third-order valence-electron chi connectivity index (χ3n) is 2.80. The second kappa shape index (κ2) is 7.05. The summed E-state index contributed by atoms with van der Waals surface area (Å²) in [7, 11) is -0.873. The fourth-order valence-electron chi connectivity index (χ4n) is 1.68. The molecule has 0 fully saturated rings. The van der Waals surface area contributed by atoms with Gasteiger partial charge in [-0.3, -0.25) is 4.21 Å². The molecule has 0 aromatic heterocycles. The van der Waals surface area contributed by atoms with Gasteiger partial charge in [0.25, 0.3) is 0 Å². The first kappa shape index (κ1) is 16.2. The van der Waals surface area contributed by atoms with E-state index in [-0.39, 0.29) is 18.2 Å². The highest BCUT2D eigenvalue weighted by molar-refractivity contribution is 7.84. The molecule has 0 heterocycles. The average molecular weight is 293 g/mol. The van der Waals surface area contributed by atoms with Gasteiger partial charge in [-0.25, -0.2) is 0 Å². The fraction of sp³-hybridized carbons (Fsp3) is 0.538. The average Bonchev–Trinajstić information content (AvgIpc) is 2.33. The lowest BCUT2D eigenvalue weighted by Crippen LogP contribution is -2.28. The van der Waals surface area contributed by atoms with Gasteiger partial charge >= 0.3 is 6.18 Å². The molecule has 0 aliphatic rings. The molecule has 108 valence electrons. The number of nitrogens with one attached hydrogen (secondary N) is 1. The molecular formula is C13H18F3NOS. The predicted molar refractivity (Wildman–Crippen MR) is 71.3 cm³/mol. The number of rotatable bonds is 6. The summed E-state index contributed by atoms with van der Waals surface area (Å²) in [6.45, 7) is 2.04. The number of benzene rings is 1. The minimum absolute atomic E-state index is 0.0326. The van der Waals surface area contributed by atoms with Crippen molar-refractivity contribution >= 4 is 10.8 Å². The molecule has 2 nitrogen and oxygen atoms in total. The summed E-state index contributed by atoms with van der Waals surface area (Å²) in [5.41, 5.74) is -0.367. The van der Waals surface area contributed by atoms with E-state index in [0.717, 1.165) is 6.07 Å². The van der Waals surface area contributed by atoms with Gasteiger partial charge in [-0.1, -0.05) is 18.2 Å². The Balaban J connectivity index is 2.60. The van der Waals surface area contributed by atoms with Crippen molar-refractivity contribution in [2.24, 2.45) is 0 Å². The lowest BCUT2D eigenvalue weighted by Gasteiger charge is -2.16. The molecule has 0 aliphatic heterocycles. The minimum Gasteiger partial charge on any atom is -0.310 e. The molecule has 0 spiro atoms. The van der Waals surface area contributed by atoms with Crippen molar-refractivity contribution in [3.8, 4) is 0 Å². The van der Waals surface area contributed by atoms with Crippen LogP contribution in [0.5, 0.6) is 0 Å². The van der Waals surface area contributed by atoms with Gasteiger partial charge in [0.1, 0.15) is 0 Å². The highest BCUT2D eigenvalue weighted by atomic mass is 32.2. The quantitative estimate of drug-likeness (QED) is 0.873. The molecular weight excluding hydrogens is 275 g/mol. The van der Waals surface area contributed by atoms with Crippen LogP contribution in [0.1, 0.15) is 24.5 Å². The van der Waals surface area contributed by atoms with Crippen molar-refractivity contribution in [2.75, 3.05) is 12.0 Å². The van der Waals surface area contributed by atoms with Gasteiger partial charge in [0.15, 0.2) is 0 Å². The SMILES string of the molecule is C[C@H](CC[S@@](C)=O)NCc1ccccc1C(F)(F)F. The van der Waals surface area contributed by atoms with Gasteiger partial charge in [-0.2, -0.15) is 13.2 Å². The summed E-state index contributed by atoms with van der Waals surface area (Å²) in [5.74, 6) is 0.551. The molecule has 2 atom stereocenters. The van der Waals surface area contributed by atoms with Crippen LogP contribution >= 0.6 is 0 Å². The van der Waals surface area contributed by atoms with Crippen LogP contribution in [0.3, 0.4) is 0 Å². The third-order valence-corrected chi connectivity index (χ3v) is 3.61. The Bertz CT molecular complexity index is 434. The molecule has 0 unspecified atom stereocenters. The molecule has 1 rings (SSSR count). The largest absolute Gasteiger partial charge is 0.416 e. The fourth-order valence-corrected chi connectivity index (χ4v) is 2.37. The first-order valence-corrected chi connectivity index (χ1v) is 7.72. The summed E-state index contributed by atoms with van der Waals surface area (Å²) in [5, 5.41) is 3.03. The molecule has 0 saturated heterocycles. The van der Waals surface area contributed by atoms with Gasteiger partial charge in [0.05, 0.1) is 5.56 Å². The van der Waals surface area contributed by atoms with Crippen LogP contribution in [0.4, 0.5) is 13.2 Å². The number of hydrogen-bond donors (Lipinski definition) is 1. The zero-order valence-corrected chi connectivity index (χ0v) is 11.8. The van der Waals surface area contributed by atoms with E-state index in [1.54, 1.807) is 12.3 Å². The van der Waals surface area contributed by atoms with E-state index in [2.05, 4.69) is 5.32 Å². The lowest BCUT2D eigenvalue weighted by atomic mass is 10.1. The van der Waals surface area contributed by atoms with E-state index in [0.29, 0.717) is 12.2 Å². The maximum Gasteiger partial charge on any atom is 0.416 e. The lowest BCUT2D eigenvalue weighted by molar-refractivity contribution is -0.138. The van der Waals surface area contributed by atoms with Crippen molar-refractivity contribution in [3.05, 3.63) is 35.4 Å².